The molecule has 1 saturated carbocycles. The monoisotopic (exact) mass is 380 g/mol. The number of aryl methyl sites for hydroxylation is 1. The molecule has 0 aromatic heterocycles. The van der Waals surface area contributed by atoms with Gasteiger partial charge < -0.3 is 5.32 Å². The van der Waals surface area contributed by atoms with Crippen molar-refractivity contribution in [3.05, 3.63) is 64.7 Å². The third-order valence-corrected chi connectivity index (χ3v) is 5.88. The summed E-state index contributed by atoms with van der Waals surface area (Å²) in [4.78, 5) is 30.6. The van der Waals surface area contributed by atoms with E-state index in [9.17, 15) is 9.59 Å². The van der Waals surface area contributed by atoms with Crippen molar-refractivity contribution in [2.45, 2.75) is 44.1 Å². The van der Waals surface area contributed by atoms with E-state index in [-0.39, 0.29) is 11.7 Å². The number of Topliss-reactive ketones (excluding diaryl/α,β-unsaturated/α-hetero) is 1. The number of hydrogen-bond donors (Lipinski definition) is 1. The molecule has 1 unspecified atom stereocenters. The third kappa shape index (κ3) is 3.30. The molecule has 1 amide bonds. The van der Waals surface area contributed by atoms with Crippen molar-refractivity contribution in [2.24, 2.45) is 4.99 Å². The Balaban J connectivity index is 1.55. The lowest BCUT2D eigenvalue weighted by atomic mass is 9.76. The molecule has 27 heavy (non-hydrogen) atoms. The van der Waals surface area contributed by atoms with Gasteiger partial charge in [-0.05, 0) is 61.9 Å². The van der Waals surface area contributed by atoms with Crippen molar-refractivity contribution in [1.82, 2.24) is 5.32 Å². The third-order valence-electron chi connectivity index (χ3n) is 5.55. The molecule has 1 saturated heterocycles. The van der Waals surface area contributed by atoms with Gasteiger partial charge in [-0.25, -0.2) is 0 Å². The number of benzene rings is 2. The van der Waals surface area contributed by atoms with E-state index in [4.69, 9.17) is 11.6 Å². The van der Waals surface area contributed by atoms with Crippen molar-refractivity contribution >= 4 is 34.7 Å². The summed E-state index contributed by atoms with van der Waals surface area (Å²) in [5, 5.41) is 3.47. The summed E-state index contributed by atoms with van der Waals surface area (Å²) < 4.78 is 0. The molecule has 138 valence electrons. The molecule has 1 aliphatic heterocycles. The number of ketones is 1. The van der Waals surface area contributed by atoms with Crippen LogP contribution in [0.4, 0.5) is 5.69 Å². The molecule has 2 aromatic rings. The van der Waals surface area contributed by atoms with Gasteiger partial charge in [0.1, 0.15) is 11.5 Å². The van der Waals surface area contributed by atoms with E-state index < -0.39 is 11.5 Å². The van der Waals surface area contributed by atoms with Crippen LogP contribution in [0.1, 0.15) is 42.7 Å². The molecule has 1 atom stereocenters. The maximum atomic E-state index is 13.2. The Labute approximate surface area is 163 Å². The van der Waals surface area contributed by atoms with Crippen molar-refractivity contribution < 1.29 is 9.59 Å². The molecule has 1 spiro atoms. The second kappa shape index (κ2) is 6.93. The highest BCUT2D eigenvalue weighted by atomic mass is 35.5. The minimum absolute atomic E-state index is 0.0583. The first-order valence-corrected chi connectivity index (χ1v) is 9.60. The van der Waals surface area contributed by atoms with Gasteiger partial charge in [-0.2, -0.15) is 0 Å². The largest absolute Gasteiger partial charge is 0.343 e. The second-order valence-corrected chi connectivity index (χ2v) is 7.81. The summed E-state index contributed by atoms with van der Waals surface area (Å²) in [6.45, 7) is 1.93. The van der Waals surface area contributed by atoms with Crippen LogP contribution in [0.3, 0.4) is 0 Å². The first-order valence-electron chi connectivity index (χ1n) is 9.22. The minimum atomic E-state index is -0.814. The minimum Gasteiger partial charge on any atom is -0.343 e. The standard InChI is InChI=1S/C22H21ClN2O2/c1-14-7-8-17(18(23)13-14)19-20(26)22(25-21(19)27)11-9-16(10-12-22)24-15-5-3-2-4-6-15/h2-8,13,19H,9-12H2,1H3,(H,25,27). The smallest absolute Gasteiger partial charge is 0.236 e. The highest BCUT2D eigenvalue weighted by molar-refractivity contribution is 6.33. The van der Waals surface area contributed by atoms with E-state index in [1.54, 1.807) is 12.1 Å². The molecule has 0 radical (unpaired) electrons. The van der Waals surface area contributed by atoms with Gasteiger partial charge >= 0.3 is 0 Å². The van der Waals surface area contributed by atoms with E-state index in [1.807, 2.05) is 43.3 Å². The molecule has 5 heteroatoms. The molecule has 2 aromatic carbocycles. The fourth-order valence-electron chi connectivity index (χ4n) is 4.05. The van der Waals surface area contributed by atoms with E-state index >= 15 is 0 Å². The molecular formula is C22H21ClN2O2. The van der Waals surface area contributed by atoms with Gasteiger partial charge in [0.2, 0.25) is 5.91 Å². The summed E-state index contributed by atoms with van der Waals surface area (Å²) in [5.41, 5.74) is 2.82. The molecule has 2 aliphatic rings. The van der Waals surface area contributed by atoms with Crippen molar-refractivity contribution in [2.75, 3.05) is 0 Å². The summed E-state index contributed by atoms with van der Waals surface area (Å²) in [6.07, 6.45) is 2.58. The number of halogens is 1. The van der Waals surface area contributed by atoms with Gasteiger partial charge in [0, 0.05) is 10.7 Å². The topological polar surface area (TPSA) is 58.5 Å². The van der Waals surface area contributed by atoms with Crippen LogP contribution in [0.15, 0.2) is 53.5 Å². The predicted molar refractivity (Wildman–Crippen MR) is 107 cm³/mol. The lowest BCUT2D eigenvalue weighted by molar-refractivity contribution is -0.125. The average molecular weight is 381 g/mol. The Hall–Kier alpha value is -2.46. The summed E-state index contributed by atoms with van der Waals surface area (Å²) in [6, 6.07) is 15.3. The molecule has 4 rings (SSSR count). The first-order chi connectivity index (χ1) is 13.0. The molecule has 4 nitrogen and oxygen atoms in total. The van der Waals surface area contributed by atoms with Crippen LogP contribution in [0.25, 0.3) is 0 Å². The number of amides is 1. The van der Waals surface area contributed by atoms with Gasteiger partial charge in [-0.15, -0.1) is 0 Å². The van der Waals surface area contributed by atoms with E-state index in [0.29, 0.717) is 36.3 Å². The van der Waals surface area contributed by atoms with Crippen LogP contribution in [-0.2, 0) is 9.59 Å². The number of hydrogen-bond acceptors (Lipinski definition) is 3. The fraction of sp³-hybridized carbons (Fsp3) is 0.318. The second-order valence-electron chi connectivity index (χ2n) is 7.41. The van der Waals surface area contributed by atoms with Crippen LogP contribution >= 0.6 is 11.6 Å². The summed E-state index contributed by atoms with van der Waals surface area (Å²) >= 11 is 6.33. The molecule has 2 fully saturated rings. The maximum Gasteiger partial charge on any atom is 0.236 e. The summed E-state index contributed by atoms with van der Waals surface area (Å²) in [7, 11) is 0. The molecule has 1 N–H and O–H groups in total. The Morgan fingerprint density at radius 1 is 1.07 bits per heavy atom. The Kier molecular flexibility index (Phi) is 4.60. The molecule has 1 heterocycles. The van der Waals surface area contributed by atoms with Gasteiger partial charge in [0.15, 0.2) is 5.78 Å². The number of nitrogens with one attached hydrogen (secondary N) is 1. The zero-order valence-electron chi connectivity index (χ0n) is 15.2. The normalized spacial score (nSPS) is 25.0. The van der Waals surface area contributed by atoms with Crippen LogP contribution in [0.5, 0.6) is 0 Å². The van der Waals surface area contributed by atoms with Crippen LogP contribution in [-0.4, -0.2) is 22.9 Å². The lowest BCUT2D eigenvalue weighted by Gasteiger charge is -2.32. The van der Waals surface area contributed by atoms with Gasteiger partial charge in [-0.3, -0.25) is 14.6 Å². The highest BCUT2D eigenvalue weighted by Crippen LogP contribution is 2.40. The van der Waals surface area contributed by atoms with Gasteiger partial charge in [0.25, 0.3) is 0 Å². The van der Waals surface area contributed by atoms with Crippen LogP contribution < -0.4 is 5.32 Å². The van der Waals surface area contributed by atoms with Crippen molar-refractivity contribution in [3.8, 4) is 0 Å². The molecule has 1 aliphatic carbocycles. The number of carbonyl (C=O) groups is 2. The lowest BCUT2D eigenvalue weighted by Crippen LogP contribution is -2.49. The van der Waals surface area contributed by atoms with Crippen LogP contribution in [0.2, 0.25) is 5.02 Å². The van der Waals surface area contributed by atoms with E-state index in [0.717, 1.165) is 17.0 Å². The fourth-order valence-corrected chi connectivity index (χ4v) is 4.39. The number of para-hydroxylation sites is 1. The van der Waals surface area contributed by atoms with Crippen molar-refractivity contribution in [3.63, 3.8) is 0 Å². The zero-order valence-corrected chi connectivity index (χ0v) is 15.9. The Morgan fingerprint density at radius 3 is 2.44 bits per heavy atom. The number of nitrogens with zero attached hydrogens (tertiary/aromatic N) is 1. The average Bonchev–Trinajstić information content (AvgIpc) is 2.89. The van der Waals surface area contributed by atoms with Gasteiger partial charge in [-0.1, -0.05) is 41.9 Å². The Bertz CT molecular complexity index is 927. The summed E-state index contributed by atoms with van der Waals surface area (Å²) in [5.74, 6) is -1.11. The maximum absolute atomic E-state index is 13.2. The predicted octanol–water partition coefficient (Wildman–Crippen LogP) is 4.52. The zero-order chi connectivity index (χ0) is 19.0. The van der Waals surface area contributed by atoms with Gasteiger partial charge in [0.05, 0.1) is 5.69 Å². The molecular weight excluding hydrogens is 360 g/mol. The van der Waals surface area contributed by atoms with E-state index in [2.05, 4.69) is 10.3 Å². The van der Waals surface area contributed by atoms with Crippen LogP contribution in [0, 0.1) is 6.92 Å². The van der Waals surface area contributed by atoms with Crippen molar-refractivity contribution in [1.29, 1.82) is 0 Å². The number of carbonyl (C=O) groups excluding carboxylic acids is 2. The van der Waals surface area contributed by atoms with E-state index in [1.165, 1.54) is 0 Å². The highest BCUT2D eigenvalue weighted by Gasteiger charge is 2.54. The quantitative estimate of drug-likeness (QED) is 0.779. The number of aliphatic imine (C=N–C) groups is 1. The number of rotatable bonds is 2. The molecule has 0 bridgehead atoms. The first kappa shape index (κ1) is 17.9. The SMILES string of the molecule is Cc1ccc(C2C(=O)NC3(CCC(=Nc4ccccc4)CC3)C2=O)c(Cl)c1. The Morgan fingerprint density at radius 2 is 1.78 bits per heavy atom.